The van der Waals surface area contributed by atoms with Crippen molar-refractivity contribution in [1.29, 1.82) is 0 Å². The molecule has 6 nitrogen and oxygen atoms in total. The van der Waals surface area contributed by atoms with E-state index in [1.165, 1.54) is 12.1 Å². The maximum Gasteiger partial charge on any atom is 0.156 e. The van der Waals surface area contributed by atoms with E-state index in [9.17, 15) is 4.39 Å². The summed E-state index contributed by atoms with van der Waals surface area (Å²) in [5.41, 5.74) is 3.74. The molecular formula is C19H20FN5O. The summed E-state index contributed by atoms with van der Waals surface area (Å²) < 4.78 is 19.9. The number of hydrogen-bond donors (Lipinski definition) is 3. The average Bonchev–Trinajstić information content (AvgIpc) is 3.03. The number of aromatic nitrogens is 3. The Labute approximate surface area is 150 Å². The summed E-state index contributed by atoms with van der Waals surface area (Å²) in [5, 5.41) is 6.56. The van der Waals surface area contributed by atoms with E-state index in [2.05, 4.69) is 32.2 Å². The number of fused-ring (bicyclic) bond motifs is 2. The molecule has 0 spiro atoms. The summed E-state index contributed by atoms with van der Waals surface area (Å²) in [7, 11) is 0. The van der Waals surface area contributed by atoms with Gasteiger partial charge in [0.05, 0.1) is 18.8 Å². The Morgan fingerprint density at radius 1 is 1.31 bits per heavy atom. The molecule has 0 unspecified atom stereocenters. The number of aromatic amines is 1. The van der Waals surface area contributed by atoms with Crippen LogP contribution < -0.4 is 15.4 Å². The molecule has 0 amide bonds. The van der Waals surface area contributed by atoms with Gasteiger partial charge in [-0.3, -0.25) is 0 Å². The van der Waals surface area contributed by atoms with E-state index in [4.69, 9.17) is 4.74 Å². The van der Waals surface area contributed by atoms with Crippen LogP contribution in [-0.2, 0) is 0 Å². The minimum absolute atomic E-state index is 0.132. The van der Waals surface area contributed by atoms with E-state index < -0.39 is 0 Å². The Morgan fingerprint density at radius 3 is 3.00 bits per heavy atom. The van der Waals surface area contributed by atoms with Crippen LogP contribution in [0.1, 0.15) is 31.0 Å². The highest BCUT2D eigenvalue weighted by atomic mass is 19.1. The van der Waals surface area contributed by atoms with Gasteiger partial charge in [0.15, 0.2) is 5.65 Å². The molecule has 2 bridgehead atoms. The third-order valence-electron chi connectivity index (χ3n) is 4.44. The molecule has 134 valence electrons. The van der Waals surface area contributed by atoms with Crippen LogP contribution in [0.25, 0.3) is 16.9 Å². The van der Waals surface area contributed by atoms with Crippen LogP contribution in [0.15, 0.2) is 37.2 Å². The molecule has 4 rings (SSSR count). The second-order valence-electron chi connectivity index (χ2n) is 6.49. The van der Waals surface area contributed by atoms with Crippen molar-refractivity contribution in [3.8, 4) is 5.75 Å². The third kappa shape index (κ3) is 2.96. The fourth-order valence-electron chi connectivity index (χ4n) is 3.08. The number of rotatable bonds is 0. The second-order valence-corrected chi connectivity index (χ2v) is 6.49. The van der Waals surface area contributed by atoms with Crippen molar-refractivity contribution < 1.29 is 9.13 Å². The predicted octanol–water partition coefficient (Wildman–Crippen LogP) is 3.61. The summed E-state index contributed by atoms with van der Waals surface area (Å²) >= 11 is 0. The molecule has 2 atom stereocenters. The van der Waals surface area contributed by atoms with Gasteiger partial charge >= 0.3 is 0 Å². The summed E-state index contributed by atoms with van der Waals surface area (Å²) in [5.74, 6) is 0.931. The Hall–Kier alpha value is -3.09. The first-order valence-corrected chi connectivity index (χ1v) is 8.51. The van der Waals surface area contributed by atoms with Crippen molar-refractivity contribution in [1.82, 2.24) is 20.3 Å². The molecular weight excluding hydrogens is 333 g/mol. The van der Waals surface area contributed by atoms with Crippen molar-refractivity contribution in [3.63, 3.8) is 0 Å². The van der Waals surface area contributed by atoms with Gasteiger partial charge < -0.3 is 20.4 Å². The third-order valence-corrected chi connectivity index (χ3v) is 4.44. The second kappa shape index (κ2) is 6.33. The first-order chi connectivity index (χ1) is 12.5. The highest BCUT2D eigenvalue weighted by molar-refractivity contribution is 5.87. The number of H-pyrrole nitrogens is 1. The van der Waals surface area contributed by atoms with Gasteiger partial charge in [-0.2, -0.15) is 0 Å². The van der Waals surface area contributed by atoms with Crippen molar-refractivity contribution in [2.45, 2.75) is 26.0 Å². The van der Waals surface area contributed by atoms with Gasteiger partial charge in [0.25, 0.3) is 0 Å². The Balaban J connectivity index is 1.82. The standard InChI is InChI=1S/C19H20FN5O/c1-10-7-21-11(2)15-8-22-19-18(15)25-17(9-23-19)24-12(3)14-6-13(20)4-5-16(14)26-10/h4-6,8-10,12,21H,2,7H2,1,3H3,(H,22,23)(H,24,25)/t10-,12+/m0/s1. The first-order valence-electron chi connectivity index (χ1n) is 8.51. The molecule has 26 heavy (non-hydrogen) atoms. The molecule has 1 aliphatic heterocycles. The predicted molar refractivity (Wildman–Crippen MR) is 99.5 cm³/mol. The largest absolute Gasteiger partial charge is 0.489 e. The molecule has 2 aromatic heterocycles. The van der Waals surface area contributed by atoms with Crippen LogP contribution in [0.5, 0.6) is 5.75 Å². The van der Waals surface area contributed by atoms with Gasteiger partial charge in [0.2, 0.25) is 0 Å². The minimum atomic E-state index is -0.307. The van der Waals surface area contributed by atoms with Gasteiger partial charge in [-0.1, -0.05) is 6.58 Å². The molecule has 0 fully saturated rings. The van der Waals surface area contributed by atoms with Gasteiger partial charge in [0.1, 0.15) is 29.0 Å². The van der Waals surface area contributed by atoms with Crippen LogP contribution in [0.2, 0.25) is 0 Å². The smallest absolute Gasteiger partial charge is 0.156 e. The van der Waals surface area contributed by atoms with Crippen molar-refractivity contribution >= 4 is 22.7 Å². The SMILES string of the molecule is C=C1NC[C@H](C)Oc2ccc(F)cc2[C@@H](C)Nc2cnc3[nH]cc1c3n2. The fourth-order valence-corrected chi connectivity index (χ4v) is 3.08. The molecule has 3 aromatic rings. The lowest BCUT2D eigenvalue weighted by Crippen LogP contribution is -2.28. The Kier molecular flexibility index (Phi) is 3.99. The first kappa shape index (κ1) is 16.4. The zero-order valence-corrected chi connectivity index (χ0v) is 14.6. The average molecular weight is 353 g/mol. The normalized spacial score (nSPS) is 20.2. The Morgan fingerprint density at radius 2 is 2.15 bits per heavy atom. The van der Waals surface area contributed by atoms with E-state index in [0.29, 0.717) is 23.8 Å². The van der Waals surface area contributed by atoms with Crippen LogP contribution >= 0.6 is 0 Å². The molecule has 0 saturated carbocycles. The van der Waals surface area contributed by atoms with Crippen LogP contribution in [-0.4, -0.2) is 27.6 Å². The molecule has 0 aliphatic carbocycles. The van der Waals surface area contributed by atoms with E-state index in [1.807, 2.05) is 20.0 Å². The van der Waals surface area contributed by atoms with E-state index in [0.717, 1.165) is 22.3 Å². The van der Waals surface area contributed by atoms with Gasteiger partial charge in [0, 0.05) is 23.0 Å². The number of nitrogens with one attached hydrogen (secondary N) is 3. The number of nitrogens with zero attached hydrogens (tertiary/aromatic N) is 2. The number of anilines is 1. The molecule has 7 heteroatoms. The van der Waals surface area contributed by atoms with Crippen LogP contribution in [0.4, 0.5) is 10.2 Å². The highest BCUT2D eigenvalue weighted by Crippen LogP contribution is 2.30. The lowest BCUT2D eigenvalue weighted by molar-refractivity contribution is 0.220. The van der Waals surface area contributed by atoms with Crippen molar-refractivity contribution in [3.05, 3.63) is 54.1 Å². The van der Waals surface area contributed by atoms with E-state index in [-0.39, 0.29) is 18.0 Å². The zero-order chi connectivity index (χ0) is 18.3. The van der Waals surface area contributed by atoms with Gasteiger partial charge in [-0.25, -0.2) is 14.4 Å². The lowest BCUT2D eigenvalue weighted by atomic mass is 10.1. The maximum absolute atomic E-state index is 13.8. The van der Waals surface area contributed by atoms with Crippen LogP contribution in [0, 0.1) is 5.82 Å². The van der Waals surface area contributed by atoms with Crippen LogP contribution in [0.3, 0.4) is 0 Å². The number of halogens is 1. The van der Waals surface area contributed by atoms with Crippen molar-refractivity contribution in [2.24, 2.45) is 0 Å². The molecule has 1 aliphatic rings. The van der Waals surface area contributed by atoms with Crippen molar-refractivity contribution in [2.75, 3.05) is 11.9 Å². The number of ether oxygens (including phenoxy) is 1. The summed E-state index contributed by atoms with van der Waals surface area (Å²) in [4.78, 5) is 12.2. The quantitative estimate of drug-likeness (QED) is 0.576. The molecule has 1 aromatic carbocycles. The lowest BCUT2D eigenvalue weighted by Gasteiger charge is -2.22. The minimum Gasteiger partial charge on any atom is -0.489 e. The fraction of sp³-hybridized carbons (Fsp3) is 0.263. The van der Waals surface area contributed by atoms with E-state index >= 15 is 0 Å². The van der Waals surface area contributed by atoms with Gasteiger partial charge in [-0.15, -0.1) is 0 Å². The zero-order valence-electron chi connectivity index (χ0n) is 14.6. The number of benzene rings is 1. The van der Waals surface area contributed by atoms with Gasteiger partial charge in [-0.05, 0) is 32.0 Å². The highest BCUT2D eigenvalue weighted by Gasteiger charge is 2.18. The summed E-state index contributed by atoms with van der Waals surface area (Å²) in [6, 6.07) is 4.34. The monoisotopic (exact) mass is 353 g/mol. The molecule has 0 radical (unpaired) electrons. The van der Waals surface area contributed by atoms with E-state index in [1.54, 1.807) is 12.3 Å². The molecule has 3 heterocycles. The number of hydrogen-bond acceptors (Lipinski definition) is 5. The Bertz CT molecular complexity index is 983. The maximum atomic E-state index is 13.8. The molecule has 3 N–H and O–H groups in total. The summed E-state index contributed by atoms with van der Waals surface area (Å²) in [6.07, 6.45) is 3.35. The topological polar surface area (TPSA) is 74.9 Å². The molecule has 0 saturated heterocycles. The summed E-state index contributed by atoms with van der Waals surface area (Å²) in [6.45, 7) is 8.54.